The standard InChI is InChI=1S/C32H35N3O6S/c1-4-40-32(37)31-23(2)27-22-26(14-15-30(27)41-31)42(38,39)35(17-16-25-10-6-5-7-11-25)29-13-9-8-12-28(29)34-20-18-33(19-21-34)24(3)36/h5-15,22H,4,16-21H2,1-3H3. The molecule has 0 atom stereocenters. The van der Waals surface area contributed by atoms with Crippen LogP contribution >= 0.6 is 0 Å². The quantitative estimate of drug-likeness (QED) is 0.253. The maximum absolute atomic E-state index is 14.5. The molecule has 220 valence electrons. The lowest BCUT2D eigenvalue weighted by molar-refractivity contribution is -0.129. The monoisotopic (exact) mass is 589 g/mol. The number of piperazine rings is 1. The second kappa shape index (κ2) is 12.3. The lowest BCUT2D eigenvalue weighted by Gasteiger charge is -2.38. The number of sulfonamides is 1. The summed E-state index contributed by atoms with van der Waals surface area (Å²) in [5.74, 6) is -0.484. The third kappa shape index (κ3) is 5.85. The fourth-order valence-corrected chi connectivity index (χ4v) is 6.84. The van der Waals surface area contributed by atoms with Gasteiger partial charge in [0.05, 0.1) is 22.9 Å². The van der Waals surface area contributed by atoms with Gasteiger partial charge in [-0.15, -0.1) is 0 Å². The predicted octanol–water partition coefficient (Wildman–Crippen LogP) is 5.02. The number of hydrogen-bond acceptors (Lipinski definition) is 7. The van der Waals surface area contributed by atoms with Gasteiger partial charge in [-0.3, -0.25) is 9.10 Å². The van der Waals surface area contributed by atoms with Crippen molar-refractivity contribution in [3.8, 4) is 0 Å². The Morgan fingerprint density at radius 2 is 1.64 bits per heavy atom. The number of esters is 1. The molecule has 0 radical (unpaired) electrons. The lowest BCUT2D eigenvalue weighted by Crippen LogP contribution is -2.48. The number of furan rings is 1. The average Bonchev–Trinajstić information content (AvgIpc) is 3.34. The van der Waals surface area contributed by atoms with E-state index in [0.717, 1.165) is 11.3 Å². The van der Waals surface area contributed by atoms with Crippen molar-refractivity contribution in [2.45, 2.75) is 32.1 Å². The molecule has 1 saturated heterocycles. The van der Waals surface area contributed by atoms with Gasteiger partial charge in [0.1, 0.15) is 5.58 Å². The zero-order chi connectivity index (χ0) is 29.9. The van der Waals surface area contributed by atoms with Crippen molar-refractivity contribution in [2.75, 3.05) is 48.5 Å². The summed E-state index contributed by atoms with van der Waals surface area (Å²) in [6, 6.07) is 21.9. The zero-order valence-electron chi connectivity index (χ0n) is 24.1. The lowest BCUT2D eigenvalue weighted by atomic mass is 10.1. The van der Waals surface area contributed by atoms with E-state index in [4.69, 9.17) is 9.15 Å². The minimum Gasteiger partial charge on any atom is -0.460 e. The summed E-state index contributed by atoms with van der Waals surface area (Å²) in [7, 11) is -4.05. The number of amides is 1. The van der Waals surface area contributed by atoms with E-state index < -0.39 is 16.0 Å². The van der Waals surface area contributed by atoms with Crippen molar-refractivity contribution in [3.63, 3.8) is 0 Å². The Hall–Kier alpha value is -4.31. The van der Waals surface area contributed by atoms with Gasteiger partial charge in [0, 0.05) is 50.6 Å². The van der Waals surface area contributed by atoms with Gasteiger partial charge in [-0.05, 0) is 56.2 Å². The van der Waals surface area contributed by atoms with Crippen LogP contribution in [0, 0.1) is 6.92 Å². The van der Waals surface area contributed by atoms with Gasteiger partial charge in [0.2, 0.25) is 11.7 Å². The van der Waals surface area contributed by atoms with Gasteiger partial charge in [0.15, 0.2) is 0 Å². The molecule has 1 amide bonds. The fourth-order valence-electron chi connectivity index (χ4n) is 5.33. The van der Waals surface area contributed by atoms with Crippen LogP contribution in [-0.2, 0) is 26.0 Å². The largest absolute Gasteiger partial charge is 0.460 e. The van der Waals surface area contributed by atoms with Crippen molar-refractivity contribution in [2.24, 2.45) is 0 Å². The van der Waals surface area contributed by atoms with E-state index in [1.165, 1.54) is 10.4 Å². The molecule has 9 nitrogen and oxygen atoms in total. The molecule has 1 fully saturated rings. The normalized spacial score (nSPS) is 13.8. The first-order chi connectivity index (χ1) is 20.2. The van der Waals surface area contributed by atoms with Crippen LogP contribution in [0.5, 0.6) is 0 Å². The van der Waals surface area contributed by atoms with E-state index in [1.54, 1.807) is 37.8 Å². The molecule has 1 aromatic heterocycles. The second-order valence-electron chi connectivity index (χ2n) is 10.2. The highest BCUT2D eigenvalue weighted by Gasteiger charge is 2.30. The van der Waals surface area contributed by atoms with Gasteiger partial charge in [-0.1, -0.05) is 42.5 Å². The first kappa shape index (κ1) is 29.2. The molecule has 4 aromatic rings. The number of nitrogens with zero attached hydrogens (tertiary/aromatic N) is 3. The van der Waals surface area contributed by atoms with Crippen LogP contribution in [0.2, 0.25) is 0 Å². The van der Waals surface area contributed by atoms with Crippen LogP contribution in [0.15, 0.2) is 82.1 Å². The van der Waals surface area contributed by atoms with Gasteiger partial charge >= 0.3 is 5.97 Å². The van der Waals surface area contributed by atoms with Gasteiger partial charge in [-0.2, -0.15) is 0 Å². The summed E-state index contributed by atoms with van der Waals surface area (Å²) < 4.78 is 41.2. The van der Waals surface area contributed by atoms with Crippen LogP contribution < -0.4 is 9.21 Å². The number of para-hydroxylation sites is 2. The summed E-state index contributed by atoms with van der Waals surface area (Å²) in [6.45, 7) is 7.75. The van der Waals surface area contributed by atoms with Crippen LogP contribution in [0.3, 0.4) is 0 Å². The van der Waals surface area contributed by atoms with E-state index in [-0.39, 0.29) is 29.7 Å². The van der Waals surface area contributed by atoms with Crippen LogP contribution in [0.25, 0.3) is 11.0 Å². The van der Waals surface area contributed by atoms with Gasteiger partial charge in [0.25, 0.3) is 10.0 Å². The van der Waals surface area contributed by atoms with E-state index in [9.17, 15) is 18.0 Å². The molecular weight excluding hydrogens is 554 g/mol. The predicted molar refractivity (Wildman–Crippen MR) is 162 cm³/mol. The Kier molecular flexibility index (Phi) is 8.54. The first-order valence-corrected chi connectivity index (χ1v) is 15.5. The Bertz CT molecular complexity index is 1690. The Morgan fingerprint density at radius 3 is 2.33 bits per heavy atom. The van der Waals surface area contributed by atoms with Crippen molar-refractivity contribution >= 4 is 44.2 Å². The van der Waals surface area contributed by atoms with Crippen LogP contribution in [0.1, 0.15) is 35.5 Å². The van der Waals surface area contributed by atoms with Crippen LogP contribution in [0.4, 0.5) is 11.4 Å². The second-order valence-corrected chi connectivity index (χ2v) is 12.1. The van der Waals surface area contributed by atoms with Crippen molar-refractivity contribution in [1.29, 1.82) is 0 Å². The molecule has 0 saturated carbocycles. The third-order valence-corrected chi connectivity index (χ3v) is 9.43. The minimum atomic E-state index is -4.05. The minimum absolute atomic E-state index is 0.0334. The smallest absolute Gasteiger partial charge is 0.374 e. The number of carbonyl (C=O) groups is 2. The third-order valence-electron chi connectivity index (χ3n) is 7.62. The summed E-state index contributed by atoms with van der Waals surface area (Å²) in [4.78, 5) is 28.3. The summed E-state index contributed by atoms with van der Waals surface area (Å²) >= 11 is 0. The molecule has 0 bridgehead atoms. The molecule has 10 heteroatoms. The molecule has 42 heavy (non-hydrogen) atoms. The highest BCUT2D eigenvalue weighted by Crippen LogP contribution is 2.36. The number of carbonyl (C=O) groups excluding carboxylic acids is 2. The highest BCUT2D eigenvalue weighted by molar-refractivity contribution is 7.92. The average molecular weight is 590 g/mol. The molecule has 0 aliphatic carbocycles. The molecule has 2 heterocycles. The molecule has 0 spiro atoms. The van der Waals surface area contributed by atoms with Crippen molar-refractivity contribution in [3.05, 3.63) is 89.7 Å². The van der Waals surface area contributed by atoms with Gasteiger partial charge in [-0.25, -0.2) is 13.2 Å². The SMILES string of the molecule is CCOC(=O)c1oc2ccc(S(=O)(=O)N(CCc3ccccc3)c3ccccc3N3CCN(C(C)=O)CC3)cc2c1C. The Labute approximate surface area is 246 Å². The topological polar surface area (TPSA) is 100 Å². The van der Waals surface area contributed by atoms with E-state index in [1.807, 2.05) is 54.6 Å². The molecule has 5 rings (SSSR count). The number of fused-ring (bicyclic) bond motifs is 1. The maximum Gasteiger partial charge on any atom is 0.374 e. The van der Waals surface area contributed by atoms with Gasteiger partial charge < -0.3 is 19.0 Å². The molecule has 0 N–H and O–H groups in total. The van der Waals surface area contributed by atoms with E-state index in [0.29, 0.717) is 54.8 Å². The van der Waals surface area contributed by atoms with E-state index in [2.05, 4.69) is 4.90 Å². The number of ether oxygens (including phenoxy) is 1. The summed E-state index contributed by atoms with van der Waals surface area (Å²) in [6.07, 6.45) is 0.506. The summed E-state index contributed by atoms with van der Waals surface area (Å²) in [5.41, 5.74) is 3.32. The molecular formula is C32H35N3O6S. The molecule has 0 unspecified atom stereocenters. The molecule has 1 aliphatic rings. The number of hydrogen-bond donors (Lipinski definition) is 0. The Balaban J connectivity index is 1.55. The molecule has 1 aliphatic heterocycles. The number of anilines is 2. The maximum atomic E-state index is 14.5. The summed E-state index contributed by atoms with van der Waals surface area (Å²) in [5, 5.41) is 0.538. The zero-order valence-corrected chi connectivity index (χ0v) is 24.9. The highest BCUT2D eigenvalue weighted by atomic mass is 32.2. The molecule has 3 aromatic carbocycles. The number of benzene rings is 3. The first-order valence-electron chi connectivity index (χ1n) is 14.1. The van der Waals surface area contributed by atoms with Crippen molar-refractivity contribution < 1.29 is 27.2 Å². The Morgan fingerprint density at radius 1 is 0.952 bits per heavy atom. The fraction of sp³-hybridized carbons (Fsp3) is 0.312. The van der Waals surface area contributed by atoms with Crippen LogP contribution in [-0.4, -0.2) is 64.5 Å². The van der Waals surface area contributed by atoms with E-state index >= 15 is 0 Å². The number of rotatable bonds is 9. The number of aryl methyl sites for hydroxylation is 1. The van der Waals surface area contributed by atoms with Crippen molar-refractivity contribution in [1.82, 2.24) is 4.90 Å².